The summed E-state index contributed by atoms with van der Waals surface area (Å²) in [4.78, 5) is 13.7. The third kappa shape index (κ3) is 3.50. The first kappa shape index (κ1) is 15.1. The van der Waals surface area contributed by atoms with Crippen molar-refractivity contribution in [2.24, 2.45) is 17.8 Å². The summed E-state index contributed by atoms with van der Waals surface area (Å²) >= 11 is 0. The Morgan fingerprint density at radius 1 is 1.32 bits per heavy atom. The molecule has 1 heterocycles. The molecule has 0 amide bonds. The van der Waals surface area contributed by atoms with Gasteiger partial charge >= 0.3 is 5.97 Å². The Bertz CT molecular complexity index is 548. The molecule has 1 saturated heterocycles. The molecule has 1 N–H and O–H groups in total. The van der Waals surface area contributed by atoms with Crippen molar-refractivity contribution in [2.75, 3.05) is 26.7 Å². The van der Waals surface area contributed by atoms with E-state index in [0.717, 1.165) is 24.4 Å². The largest absolute Gasteiger partial charge is 0.497 e. The molecule has 1 aliphatic carbocycles. The van der Waals surface area contributed by atoms with Crippen LogP contribution in [0, 0.1) is 17.8 Å². The second kappa shape index (κ2) is 6.53. The number of hydrogen-bond acceptors (Lipinski definition) is 3. The van der Waals surface area contributed by atoms with Crippen LogP contribution in [0.25, 0.3) is 6.08 Å². The van der Waals surface area contributed by atoms with Crippen molar-refractivity contribution in [3.05, 3.63) is 35.9 Å². The molecular formula is C18H23NO3. The minimum absolute atomic E-state index is 0.179. The molecule has 1 saturated carbocycles. The van der Waals surface area contributed by atoms with Gasteiger partial charge in [-0.1, -0.05) is 24.3 Å². The van der Waals surface area contributed by atoms with Crippen molar-refractivity contribution >= 4 is 12.0 Å². The Kier molecular flexibility index (Phi) is 4.48. The van der Waals surface area contributed by atoms with Crippen molar-refractivity contribution in [1.29, 1.82) is 0 Å². The van der Waals surface area contributed by atoms with Gasteiger partial charge in [-0.05, 0) is 42.4 Å². The van der Waals surface area contributed by atoms with Crippen molar-refractivity contribution in [3.8, 4) is 5.75 Å². The van der Waals surface area contributed by atoms with Crippen LogP contribution < -0.4 is 4.74 Å². The number of rotatable bonds is 6. The molecule has 0 unspecified atom stereocenters. The van der Waals surface area contributed by atoms with E-state index in [9.17, 15) is 9.90 Å². The number of methoxy groups -OCH3 is 1. The number of likely N-dealkylation sites (tertiary alicyclic amines) is 1. The highest BCUT2D eigenvalue weighted by molar-refractivity contribution is 5.71. The van der Waals surface area contributed by atoms with E-state index < -0.39 is 5.97 Å². The summed E-state index contributed by atoms with van der Waals surface area (Å²) in [7, 11) is 1.66. The van der Waals surface area contributed by atoms with E-state index in [-0.39, 0.29) is 5.92 Å². The fourth-order valence-electron chi connectivity index (χ4n) is 3.38. The van der Waals surface area contributed by atoms with E-state index in [2.05, 4.69) is 17.1 Å². The quantitative estimate of drug-likeness (QED) is 0.878. The van der Waals surface area contributed by atoms with Gasteiger partial charge in [-0.2, -0.15) is 0 Å². The third-order valence-corrected chi connectivity index (χ3v) is 4.78. The molecule has 0 spiro atoms. The van der Waals surface area contributed by atoms with Crippen LogP contribution in [0.2, 0.25) is 0 Å². The maximum Gasteiger partial charge on any atom is 0.308 e. The molecule has 0 bridgehead atoms. The summed E-state index contributed by atoms with van der Waals surface area (Å²) < 4.78 is 5.14. The number of hydrogen-bond donors (Lipinski definition) is 1. The molecule has 3 rings (SSSR count). The maximum absolute atomic E-state index is 11.4. The van der Waals surface area contributed by atoms with E-state index in [0.29, 0.717) is 18.4 Å². The molecule has 1 aromatic carbocycles. The lowest BCUT2D eigenvalue weighted by atomic mass is 9.92. The summed E-state index contributed by atoms with van der Waals surface area (Å²) in [5.41, 5.74) is 1.13. The number of aliphatic carboxylic acids is 1. The zero-order chi connectivity index (χ0) is 15.5. The van der Waals surface area contributed by atoms with E-state index >= 15 is 0 Å². The lowest BCUT2D eigenvalue weighted by molar-refractivity contribution is -0.142. The fourth-order valence-corrected chi connectivity index (χ4v) is 3.38. The highest BCUT2D eigenvalue weighted by atomic mass is 16.5. The first-order chi connectivity index (χ1) is 10.7. The van der Waals surface area contributed by atoms with Gasteiger partial charge < -0.3 is 9.84 Å². The van der Waals surface area contributed by atoms with E-state index in [1.807, 2.05) is 24.3 Å². The molecule has 0 radical (unpaired) electrons. The number of carboxylic acid groups (broad SMARTS) is 1. The first-order valence-corrected chi connectivity index (χ1v) is 7.93. The number of ether oxygens (including phenoxy) is 1. The highest BCUT2D eigenvalue weighted by Crippen LogP contribution is 2.44. The first-order valence-electron chi connectivity index (χ1n) is 7.93. The molecule has 0 aromatic heterocycles. The summed E-state index contributed by atoms with van der Waals surface area (Å²) in [6.07, 6.45) is 6.63. The average molecular weight is 301 g/mol. The van der Waals surface area contributed by atoms with Crippen LogP contribution in [0.5, 0.6) is 5.75 Å². The lowest BCUT2D eigenvalue weighted by Gasteiger charge is -2.13. The molecule has 4 nitrogen and oxygen atoms in total. The lowest BCUT2D eigenvalue weighted by Crippen LogP contribution is -2.24. The number of carbonyl (C=O) groups is 1. The SMILES string of the molecule is COc1ccc(/C=C/CN2C[C@@H](C(=O)O)[C@H](C3CC3)C2)cc1. The highest BCUT2D eigenvalue weighted by Gasteiger charge is 2.45. The number of benzene rings is 1. The smallest absolute Gasteiger partial charge is 0.308 e. The topological polar surface area (TPSA) is 49.8 Å². The maximum atomic E-state index is 11.4. The summed E-state index contributed by atoms with van der Waals surface area (Å²) in [6, 6.07) is 7.93. The normalized spacial score (nSPS) is 25.7. The third-order valence-electron chi connectivity index (χ3n) is 4.78. The summed E-state index contributed by atoms with van der Waals surface area (Å²) in [5.74, 6) is 1.05. The van der Waals surface area contributed by atoms with Crippen LogP contribution in [-0.2, 0) is 4.79 Å². The van der Waals surface area contributed by atoms with Gasteiger partial charge in [0.25, 0.3) is 0 Å². The van der Waals surface area contributed by atoms with Crippen LogP contribution in [0.3, 0.4) is 0 Å². The van der Waals surface area contributed by atoms with Gasteiger partial charge in [0.1, 0.15) is 5.75 Å². The Hall–Kier alpha value is -1.81. The number of nitrogens with zero attached hydrogens (tertiary/aromatic N) is 1. The second-order valence-corrected chi connectivity index (χ2v) is 6.34. The molecular weight excluding hydrogens is 278 g/mol. The van der Waals surface area contributed by atoms with E-state index in [4.69, 9.17) is 4.74 Å². The van der Waals surface area contributed by atoms with Crippen LogP contribution in [0.4, 0.5) is 0 Å². The second-order valence-electron chi connectivity index (χ2n) is 6.34. The van der Waals surface area contributed by atoms with Gasteiger partial charge in [-0.25, -0.2) is 0 Å². The van der Waals surface area contributed by atoms with Crippen molar-refractivity contribution in [1.82, 2.24) is 4.90 Å². The minimum atomic E-state index is -0.626. The van der Waals surface area contributed by atoms with Crippen LogP contribution >= 0.6 is 0 Å². The van der Waals surface area contributed by atoms with Crippen molar-refractivity contribution in [3.63, 3.8) is 0 Å². The van der Waals surface area contributed by atoms with Crippen LogP contribution in [0.1, 0.15) is 18.4 Å². The average Bonchev–Trinajstić information content (AvgIpc) is 3.28. The summed E-state index contributed by atoms with van der Waals surface area (Å²) in [5, 5.41) is 9.37. The Labute approximate surface area is 131 Å². The monoisotopic (exact) mass is 301 g/mol. The van der Waals surface area contributed by atoms with Crippen LogP contribution in [-0.4, -0.2) is 42.7 Å². The van der Waals surface area contributed by atoms with Gasteiger partial charge in [-0.3, -0.25) is 9.69 Å². The molecule has 2 atom stereocenters. The molecule has 118 valence electrons. The molecule has 4 heteroatoms. The predicted molar refractivity (Wildman–Crippen MR) is 85.8 cm³/mol. The number of carboxylic acids is 1. The van der Waals surface area contributed by atoms with Gasteiger partial charge in [0.15, 0.2) is 0 Å². The minimum Gasteiger partial charge on any atom is -0.497 e. The standard InChI is InChI=1S/C18H23NO3/c1-22-15-8-4-13(5-9-15)3-2-10-19-11-16(14-6-7-14)17(12-19)18(20)21/h2-5,8-9,14,16-17H,6-7,10-12H2,1H3,(H,20,21)/b3-2+/t16-,17+/m0/s1. The van der Waals surface area contributed by atoms with Crippen LogP contribution in [0.15, 0.2) is 30.3 Å². The Morgan fingerprint density at radius 3 is 2.64 bits per heavy atom. The Balaban J connectivity index is 1.54. The van der Waals surface area contributed by atoms with Crippen molar-refractivity contribution < 1.29 is 14.6 Å². The van der Waals surface area contributed by atoms with E-state index in [1.54, 1.807) is 7.11 Å². The zero-order valence-electron chi connectivity index (χ0n) is 12.9. The fraction of sp³-hybridized carbons (Fsp3) is 0.500. The van der Waals surface area contributed by atoms with E-state index in [1.165, 1.54) is 12.8 Å². The van der Waals surface area contributed by atoms with Gasteiger partial charge in [0.05, 0.1) is 13.0 Å². The summed E-state index contributed by atoms with van der Waals surface area (Å²) in [6.45, 7) is 2.43. The molecule has 2 aliphatic rings. The molecule has 22 heavy (non-hydrogen) atoms. The van der Waals surface area contributed by atoms with Crippen molar-refractivity contribution in [2.45, 2.75) is 12.8 Å². The molecule has 1 aromatic rings. The van der Waals surface area contributed by atoms with Gasteiger partial charge in [0.2, 0.25) is 0 Å². The molecule has 1 aliphatic heterocycles. The van der Waals surface area contributed by atoms with Gasteiger partial charge in [0, 0.05) is 19.6 Å². The predicted octanol–water partition coefficient (Wildman–Crippen LogP) is 2.75. The molecule has 2 fully saturated rings. The Morgan fingerprint density at radius 2 is 2.05 bits per heavy atom. The zero-order valence-corrected chi connectivity index (χ0v) is 12.9. The van der Waals surface area contributed by atoms with Gasteiger partial charge in [-0.15, -0.1) is 0 Å².